The first-order chi connectivity index (χ1) is 10.2. The highest BCUT2D eigenvalue weighted by molar-refractivity contribution is 5.93. The summed E-state index contributed by atoms with van der Waals surface area (Å²) >= 11 is 0. The molecule has 0 bridgehead atoms. The summed E-state index contributed by atoms with van der Waals surface area (Å²) < 4.78 is 0. The van der Waals surface area contributed by atoms with Crippen LogP contribution in [0.25, 0.3) is 0 Å². The van der Waals surface area contributed by atoms with Crippen molar-refractivity contribution in [2.45, 2.75) is 6.42 Å². The number of carbonyl (C=O) groups is 1. The van der Waals surface area contributed by atoms with Crippen molar-refractivity contribution in [3.8, 4) is 0 Å². The van der Waals surface area contributed by atoms with Crippen LogP contribution in [0, 0.1) is 0 Å². The first kappa shape index (κ1) is 15.6. The Hall–Kier alpha value is -1.79. The van der Waals surface area contributed by atoms with Crippen molar-refractivity contribution in [3.05, 3.63) is 24.3 Å². The molecular formula is C15H24N4O2. The highest BCUT2D eigenvalue weighted by Crippen LogP contribution is 2.26. The van der Waals surface area contributed by atoms with Crippen molar-refractivity contribution in [1.29, 1.82) is 0 Å². The predicted octanol–water partition coefficient (Wildman–Crippen LogP) is 0.942. The van der Waals surface area contributed by atoms with Gasteiger partial charge in [0, 0.05) is 39.3 Å². The highest BCUT2D eigenvalue weighted by atomic mass is 16.3. The minimum Gasteiger partial charge on any atom is -0.396 e. The number of hydrogen-bond donors (Lipinski definition) is 3. The topological polar surface area (TPSA) is 67.8 Å². The molecule has 2 amide bonds. The molecule has 0 spiro atoms. The second-order valence-corrected chi connectivity index (χ2v) is 5.27. The Morgan fingerprint density at radius 2 is 1.95 bits per heavy atom. The van der Waals surface area contributed by atoms with E-state index in [1.54, 1.807) is 0 Å². The Morgan fingerprint density at radius 1 is 1.24 bits per heavy atom. The molecule has 0 atom stereocenters. The first-order valence-electron chi connectivity index (χ1n) is 7.39. The van der Waals surface area contributed by atoms with Crippen LogP contribution in [0.4, 0.5) is 16.2 Å². The molecule has 1 heterocycles. The minimum atomic E-state index is -0.231. The number of piperazine rings is 1. The Kier molecular flexibility index (Phi) is 5.83. The van der Waals surface area contributed by atoms with E-state index >= 15 is 0 Å². The zero-order chi connectivity index (χ0) is 15.1. The van der Waals surface area contributed by atoms with E-state index in [0.717, 1.165) is 37.6 Å². The van der Waals surface area contributed by atoms with Gasteiger partial charge in [-0.05, 0) is 25.6 Å². The fraction of sp³-hybridized carbons (Fsp3) is 0.533. The first-order valence-corrected chi connectivity index (χ1v) is 7.39. The van der Waals surface area contributed by atoms with Crippen LogP contribution in [-0.4, -0.2) is 62.4 Å². The van der Waals surface area contributed by atoms with Crippen molar-refractivity contribution in [3.63, 3.8) is 0 Å². The lowest BCUT2D eigenvalue weighted by Crippen LogP contribution is -2.44. The lowest BCUT2D eigenvalue weighted by molar-refractivity contribution is 0.249. The zero-order valence-corrected chi connectivity index (χ0v) is 12.5. The number of para-hydroxylation sites is 2. The van der Waals surface area contributed by atoms with E-state index in [-0.39, 0.29) is 12.6 Å². The molecule has 6 heteroatoms. The number of anilines is 2. The number of aliphatic hydroxyl groups excluding tert-OH is 1. The maximum Gasteiger partial charge on any atom is 0.319 e. The predicted molar refractivity (Wildman–Crippen MR) is 84.9 cm³/mol. The molecule has 116 valence electrons. The van der Waals surface area contributed by atoms with Crippen molar-refractivity contribution in [2.75, 3.05) is 56.6 Å². The van der Waals surface area contributed by atoms with E-state index in [1.165, 1.54) is 0 Å². The molecule has 6 nitrogen and oxygen atoms in total. The van der Waals surface area contributed by atoms with Crippen molar-refractivity contribution in [1.82, 2.24) is 10.2 Å². The third-order valence-electron chi connectivity index (χ3n) is 3.62. The van der Waals surface area contributed by atoms with Gasteiger partial charge in [-0.25, -0.2) is 4.79 Å². The third-order valence-corrected chi connectivity index (χ3v) is 3.62. The van der Waals surface area contributed by atoms with E-state index < -0.39 is 0 Å². The largest absolute Gasteiger partial charge is 0.396 e. The van der Waals surface area contributed by atoms with Gasteiger partial charge >= 0.3 is 6.03 Å². The molecule has 2 rings (SSSR count). The third kappa shape index (κ3) is 4.61. The quantitative estimate of drug-likeness (QED) is 0.707. The van der Waals surface area contributed by atoms with Crippen LogP contribution in [0.15, 0.2) is 24.3 Å². The average molecular weight is 292 g/mol. The van der Waals surface area contributed by atoms with Crippen LogP contribution in [0.1, 0.15) is 6.42 Å². The molecular weight excluding hydrogens is 268 g/mol. The molecule has 0 saturated carbocycles. The fourth-order valence-electron chi connectivity index (χ4n) is 2.35. The number of rotatable bonds is 5. The lowest BCUT2D eigenvalue weighted by atomic mass is 10.2. The summed E-state index contributed by atoms with van der Waals surface area (Å²) in [6.45, 7) is 4.52. The van der Waals surface area contributed by atoms with E-state index in [4.69, 9.17) is 5.11 Å². The number of hydrogen-bond acceptors (Lipinski definition) is 4. The van der Waals surface area contributed by atoms with Crippen molar-refractivity contribution < 1.29 is 9.90 Å². The van der Waals surface area contributed by atoms with Crippen LogP contribution >= 0.6 is 0 Å². The van der Waals surface area contributed by atoms with Crippen molar-refractivity contribution in [2.24, 2.45) is 0 Å². The summed E-state index contributed by atoms with van der Waals surface area (Å²) in [5.74, 6) is 0. The minimum absolute atomic E-state index is 0.0815. The van der Waals surface area contributed by atoms with Gasteiger partial charge < -0.3 is 25.5 Å². The van der Waals surface area contributed by atoms with Gasteiger partial charge in [0.25, 0.3) is 0 Å². The standard InChI is InChI=1S/C15H24N4O2/c1-18-8-10-19(11-9-18)14-6-3-2-5-13(14)17-15(21)16-7-4-12-20/h2-3,5-6,20H,4,7-12H2,1H3,(H2,16,17,21). The van der Waals surface area contributed by atoms with Gasteiger partial charge in [0.15, 0.2) is 0 Å². The Balaban J connectivity index is 1.98. The lowest BCUT2D eigenvalue weighted by Gasteiger charge is -2.35. The summed E-state index contributed by atoms with van der Waals surface area (Å²) in [5, 5.41) is 14.3. The number of aliphatic hydroxyl groups is 1. The fourth-order valence-corrected chi connectivity index (χ4v) is 2.35. The van der Waals surface area contributed by atoms with E-state index in [2.05, 4.69) is 27.5 Å². The number of amides is 2. The number of nitrogens with zero attached hydrogens (tertiary/aromatic N) is 2. The zero-order valence-electron chi connectivity index (χ0n) is 12.5. The molecule has 1 aliphatic rings. The van der Waals surface area contributed by atoms with Gasteiger partial charge in [-0.3, -0.25) is 0 Å². The maximum atomic E-state index is 11.8. The summed E-state index contributed by atoms with van der Waals surface area (Å²) in [4.78, 5) is 16.4. The monoisotopic (exact) mass is 292 g/mol. The Labute approximate surface area is 125 Å². The maximum absolute atomic E-state index is 11.8. The molecule has 1 saturated heterocycles. The van der Waals surface area contributed by atoms with Crippen LogP contribution in [0.3, 0.4) is 0 Å². The second-order valence-electron chi connectivity index (χ2n) is 5.27. The van der Waals surface area contributed by atoms with Gasteiger partial charge in [-0.15, -0.1) is 0 Å². The summed E-state index contributed by atoms with van der Waals surface area (Å²) in [6.07, 6.45) is 0.563. The molecule has 1 aliphatic heterocycles. The Bertz CT molecular complexity index is 459. The molecule has 1 aromatic rings. The molecule has 0 radical (unpaired) electrons. The SMILES string of the molecule is CN1CCN(c2ccccc2NC(=O)NCCCO)CC1. The van der Waals surface area contributed by atoms with Gasteiger partial charge in [0.05, 0.1) is 11.4 Å². The molecule has 3 N–H and O–H groups in total. The molecule has 0 aromatic heterocycles. The molecule has 0 aliphatic carbocycles. The van der Waals surface area contributed by atoms with Crippen LogP contribution in [-0.2, 0) is 0 Å². The normalized spacial score (nSPS) is 15.8. The molecule has 1 aromatic carbocycles. The molecule has 21 heavy (non-hydrogen) atoms. The number of benzene rings is 1. The number of urea groups is 1. The van der Waals surface area contributed by atoms with E-state index in [9.17, 15) is 4.79 Å². The number of nitrogens with one attached hydrogen (secondary N) is 2. The van der Waals surface area contributed by atoms with Gasteiger partial charge in [-0.2, -0.15) is 0 Å². The van der Waals surface area contributed by atoms with Crippen LogP contribution in [0.5, 0.6) is 0 Å². The van der Waals surface area contributed by atoms with Gasteiger partial charge in [-0.1, -0.05) is 12.1 Å². The highest BCUT2D eigenvalue weighted by Gasteiger charge is 2.17. The molecule has 0 unspecified atom stereocenters. The molecule has 1 fully saturated rings. The second kappa shape index (κ2) is 7.85. The number of likely N-dealkylation sites (N-methyl/N-ethyl adjacent to an activating group) is 1. The summed E-state index contributed by atoms with van der Waals surface area (Å²) in [7, 11) is 2.12. The summed E-state index contributed by atoms with van der Waals surface area (Å²) in [5.41, 5.74) is 1.88. The van der Waals surface area contributed by atoms with Gasteiger partial charge in [0.1, 0.15) is 0 Å². The van der Waals surface area contributed by atoms with Crippen LogP contribution in [0.2, 0.25) is 0 Å². The van der Waals surface area contributed by atoms with Crippen molar-refractivity contribution >= 4 is 17.4 Å². The average Bonchev–Trinajstić information content (AvgIpc) is 2.49. The van der Waals surface area contributed by atoms with E-state index in [1.807, 2.05) is 24.3 Å². The Morgan fingerprint density at radius 3 is 2.67 bits per heavy atom. The number of carbonyl (C=O) groups excluding carboxylic acids is 1. The summed E-state index contributed by atoms with van der Waals surface area (Å²) in [6, 6.07) is 7.63. The smallest absolute Gasteiger partial charge is 0.319 e. The van der Waals surface area contributed by atoms with E-state index in [0.29, 0.717) is 13.0 Å². The van der Waals surface area contributed by atoms with Crippen LogP contribution < -0.4 is 15.5 Å². The van der Waals surface area contributed by atoms with Gasteiger partial charge in [0.2, 0.25) is 0 Å².